The molecule has 1 fully saturated rings. The van der Waals surface area contributed by atoms with E-state index in [-0.39, 0.29) is 10.8 Å². The van der Waals surface area contributed by atoms with Crippen molar-refractivity contribution < 1.29 is 13.2 Å². The SMILES string of the molecule is COc1ccc([C@@H]2[C@H](C#N)[C@H]2S(=O)(=O)c2ccccc2)cc1. The van der Waals surface area contributed by atoms with Gasteiger partial charge in [-0.25, -0.2) is 8.42 Å². The summed E-state index contributed by atoms with van der Waals surface area (Å²) in [6, 6.07) is 17.7. The summed E-state index contributed by atoms with van der Waals surface area (Å²) in [5.41, 5.74) is 0.858. The predicted octanol–water partition coefficient (Wildman–Crippen LogP) is 2.77. The number of nitrogens with zero attached hydrogens (tertiary/aromatic N) is 1. The van der Waals surface area contributed by atoms with E-state index in [0.717, 1.165) is 5.56 Å². The first-order valence-corrected chi connectivity index (χ1v) is 8.46. The van der Waals surface area contributed by atoms with Crippen molar-refractivity contribution >= 4 is 9.84 Å². The van der Waals surface area contributed by atoms with Gasteiger partial charge in [0, 0.05) is 5.92 Å². The average Bonchev–Trinajstić information content (AvgIpc) is 3.31. The molecule has 0 saturated heterocycles. The molecule has 22 heavy (non-hydrogen) atoms. The first-order valence-electron chi connectivity index (χ1n) is 6.92. The van der Waals surface area contributed by atoms with Crippen molar-refractivity contribution in [2.75, 3.05) is 7.11 Å². The largest absolute Gasteiger partial charge is 0.497 e. The summed E-state index contributed by atoms with van der Waals surface area (Å²) in [6.45, 7) is 0. The molecule has 2 aromatic rings. The van der Waals surface area contributed by atoms with Gasteiger partial charge >= 0.3 is 0 Å². The molecule has 0 amide bonds. The van der Waals surface area contributed by atoms with E-state index in [4.69, 9.17) is 4.74 Å². The molecule has 112 valence electrons. The lowest BCUT2D eigenvalue weighted by molar-refractivity contribution is 0.414. The maximum atomic E-state index is 12.7. The van der Waals surface area contributed by atoms with E-state index in [1.54, 1.807) is 49.6 Å². The molecule has 0 bridgehead atoms. The Balaban J connectivity index is 1.93. The van der Waals surface area contributed by atoms with E-state index in [1.165, 1.54) is 0 Å². The zero-order valence-corrected chi connectivity index (χ0v) is 12.8. The number of hydrogen-bond donors (Lipinski definition) is 0. The van der Waals surface area contributed by atoms with Gasteiger partial charge in [-0.3, -0.25) is 0 Å². The molecule has 1 aliphatic rings. The maximum absolute atomic E-state index is 12.7. The Morgan fingerprint density at radius 2 is 1.68 bits per heavy atom. The lowest BCUT2D eigenvalue weighted by Crippen LogP contribution is -2.10. The van der Waals surface area contributed by atoms with E-state index in [1.807, 2.05) is 12.1 Å². The zero-order chi connectivity index (χ0) is 15.7. The van der Waals surface area contributed by atoms with Crippen LogP contribution in [0.1, 0.15) is 11.5 Å². The number of methoxy groups -OCH3 is 1. The molecule has 4 nitrogen and oxygen atoms in total. The number of sulfone groups is 1. The van der Waals surface area contributed by atoms with E-state index in [2.05, 4.69) is 6.07 Å². The molecule has 0 heterocycles. The van der Waals surface area contributed by atoms with Gasteiger partial charge in [0.25, 0.3) is 0 Å². The Morgan fingerprint density at radius 3 is 2.23 bits per heavy atom. The van der Waals surface area contributed by atoms with Crippen LogP contribution < -0.4 is 4.74 Å². The van der Waals surface area contributed by atoms with Gasteiger partial charge < -0.3 is 4.74 Å². The van der Waals surface area contributed by atoms with Crippen LogP contribution in [0.3, 0.4) is 0 Å². The van der Waals surface area contributed by atoms with Crippen molar-refractivity contribution in [2.24, 2.45) is 5.92 Å². The van der Waals surface area contributed by atoms with Crippen LogP contribution in [0.25, 0.3) is 0 Å². The molecule has 1 aliphatic carbocycles. The second-order valence-electron chi connectivity index (χ2n) is 5.28. The van der Waals surface area contributed by atoms with E-state index in [9.17, 15) is 13.7 Å². The Labute approximate surface area is 129 Å². The lowest BCUT2D eigenvalue weighted by atomic mass is 10.1. The van der Waals surface area contributed by atoms with Crippen LogP contribution in [0.5, 0.6) is 5.75 Å². The summed E-state index contributed by atoms with van der Waals surface area (Å²) < 4.78 is 30.5. The van der Waals surface area contributed by atoms with Crippen LogP contribution in [-0.4, -0.2) is 20.8 Å². The first-order chi connectivity index (χ1) is 10.6. The first kappa shape index (κ1) is 14.6. The van der Waals surface area contributed by atoms with Crippen LogP contribution in [0, 0.1) is 17.2 Å². The molecule has 3 rings (SSSR count). The number of benzene rings is 2. The molecule has 0 N–H and O–H groups in total. The Hall–Kier alpha value is -2.32. The van der Waals surface area contributed by atoms with Crippen LogP contribution >= 0.6 is 0 Å². The molecular formula is C17H15NO3S. The van der Waals surface area contributed by atoms with Gasteiger partial charge in [-0.15, -0.1) is 0 Å². The number of hydrogen-bond acceptors (Lipinski definition) is 4. The lowest BCUT2D eigenvalue weighted by Gasteiger charge is -2.04. The van der Waals surface area contributed by atoms with Crippen molar-refractivity contribution in [1.82, 2.24) is 0 Å². The molecule has 0 unspecified atom stereocenters. The number of rotatable bonds is 4. The van der Waals surface area contributed by atoms with Gasteiger partial charge in [0.2, 0.25) is 0 Å². The molecule has 0 radical (unpaired) electrons. The van der Waals surface area contributed by atoms with Crippen LogP contribution in [0.2, 0.25) is 0 Å². The van der Waals surface area contributed by atoms with E-state index in [0.29, 0.717) is 5.75 Å². The monoisotopic (exact) mass is 313 g/mol. The fourth-order valence-electron chi connectivity index (χ4n) is 2.81. The van der Waals surface area contributed by atoms with Gasteiger partial charge in [-0.2, -0.15) is 5.26 Å². The summed E-state index contributed by atoms with van der Waals surface area (Å²) >= 11 is 0. The summed E-state index contributed by atoms with van der Waals surface area (Å²) in [5.74, 6) is -0.0694. The quantitative estimate of drug-likeness (QED) is 0.870. The third-order valence-electron chi connectivity index (χ3n) is 4.03. The highest BCUT2D eigenvalue weighted by molar-refractivity contribution is 7.92. The second-order valence-corrected chi connectivity index (χ2v) is 7.38. The summed E-state index contributed by atoms with van der Waals surface area (Å²) in [5, 5.41) is 8.61. The van der Waals surface area contributed by atoms with Gasteiger partial charge in [-0.1, -0.05) is 30.3 Å². The highest BCUT2D eigenvalue weighted by Gasteiger charge is 2.59. The normalized spacial score (nSPS) is 23.5. The molecule has 3 atom stereocenters. The molecule has 2 aromatic carbocycles. The minimum atomic E-state index is -3.49. The fraction of sp³-hybridized carbons (Fsp3) is 0.235. The minimum absolute atomic E-state index is 0.274. The van der Waals surface area contributed by atoms with Crippen LogP contribution in [0.15, 0.2) is 59.5 Å². The molecule has 1 saturated carbocycles. The number of ether oxygens (including phenoxy) is 1. The summed E-state index contributed by atoms with van der Waals surface area (Å²) in [6.07, 6.45) is 0. The van der Waals surface area contributed by atoms with Crippen molar-refractivity contribution in [1.29, 1.82) is 5.26 Å². The Bertz CT molecular complexity index is 807. The van der Waals surface area contributed by atoms with Gasteiger partial charge in [0.1, 0.15) is 5.75 Å². The van der Waals surface area contributed by atoms with Gasteiger partial charge in [-0.05, 0) is 29.8 Å². The molecule has 0 spiro atoms. The minimum Gasteiger partial charge on any atom is -0.497 e. The van der Waals surface area contributed by atoms with E-state index >= 15 is 0 Å². The van der Waals surface area contributed by atoms with Crippen molar-refractivity contribution in [3.63, 3.8) is 0 Å². The highest BCUT2D eigenvalue weighted by atomic mass is 32.2. The fourth-order valence-corrected chi connectivity index (χ4v) is 4.90. The average molecular weight is 313 g/mol. The topological polar surface area (TPSA) is 67.2 Å². The van der Waals surface area contributed by atoms with Crippen LogP contribution in [0.4, 0.5) is 0 Å². The van der Waals surface area contributed by atoms with Crippen molar-refractivity contribution in [3.05, 3.63) is 60.2 Å². The van der Waals surface area contributed by atoms with Gasteiger partial charge in [0.15, 0.2) is 9.84 Å². The summed E-state index contributed by atoms with van der Waals surface area (Å²) in [7, 11) is -1.92. The van der Waals surface area contributed by atoms with Gasteiger partial charge in [0.05, 0.1) is 29.2 Å². The molecule has 0 aliphatic heterocycles. The molecule has 5 heteroatoms. The second kappa shape index (κ2) is 5.47. The third-order valence-corrected chi connectivity index (χ3v) is 6.27. The molecule has 0 aromatic heterocycles. The standard InChI is InChI=1S/C17H15NO3S/c1-21-13-9-7-12(8-10-13)16-15(11-18)17(16)22(19,20)14-5-3-2-4-6-14/h2-10,15-17H,1H3/t15-,16+,17+/m0/s1. The maximum Gasteiger partial charge on any atom is 0.183 e. The Kier molecular flexibility index (Phi) is 3.63. The van der Waals surface area contributed by atoms with Crippen LogP contribution in [-0.2, 0) is 9.84 Å². The van der Waals surface area contributed by atoms with Crippen molar-refractivity contribution in [3.8, 4) is 11.8 Å². The summed E-state index contributed by atoms with van der Waals surface area (Å²) in [4.78, 5) is 0.274. The third kappa shape index (κ3) is 2.36. The van der Waals surface area contributed by atoms with E-state index < -0.39 is 21.0 Å². The highest BCUT2D eigenvalue weighted by Crippen LogP contribution is 2.53. The smallest absolute Gasteiger partial charge is 0.183 e. The number of nitriles is 1. The Morgan fingerprint density at radius 1 is 1.05 bits per heavy atom. The molecular weight excluding hydrogens is 298 g/mol. The zero-order valence-electron chi connectivity index (χ0n) is 12.0. The predicted molar refractivity (Wildman–Crippen MR) is 82.3 cm³/mol. The van der Waals surface area contributed by atoms with Crippen molar-refractivity contribution in [2.45, 2.75) is 16.1 Å².